The van der Waals surface area contributed by atoms with E-state index in [9.17, 15) is 18.0 Å². The van der Waals surface area contributed by atoms with Crippen LogP contribution in [0.4, 0.5) is 0 Å². The van der Waals surface area contributed by atoms with Gasteiger partial charge >= 0.3 is 5.97 Å². The Balaban J connectivity index is 2.33. The quantitative estimate of drug-likeness (QED) is 0.562. The third-order valence-corrected chi connectivity index (χ3v) is 6.44. The van der Waals surface area contributed by atoms with Gasteiger partial charge in [-0.25, -0.2) is 8.42 Å². The molecule has 3 rings (SSSR count). The van der Waals surface area contributed by atoms with E-state index in [1.165, 1.54) is 6.07 Å². The monoisotopic (exact) mass is 413 g/mol. The molecule has 1 aliphatic rings. The third-order valence-electron chi connectivity index (χ3n) is 4.51. The molecule has 7 heteroatoms. The lowest BCUT2D eigenvalue weighted by Gasteiger charge is -2.32. The summed E-state index contributed by atoms with van der Waals surface area (Å²) in [6.07, 6.45) is 0. The van der Waals surface area contributed by atoms with E-state index in [0.29, 0.717) is 5.56 Å². The second-order valence-electron chi connectivity index (χ2n) is 7.68. The summed E-state index contributed by atoms with van der Waals surface area (Å²) in [5.74, 6) is -1.12. The Hall–Kier alpha value is -2.93. The highest BCUT2D eigenvalue weighted by Gasteiger charge is 2.41. The summed E-state index contributed by atoms with van der Waals surface area (Å²) < 4.78 is 33.1. The van der Waals surface area contributed by atoms with E-state index in [1.54, 1.807) is 76.2 Å². The number of hydrogen-bond donors (Lipinski definition) is 0. The molecule has 2 aromatic carbocycles. The van der Waals surface area contributed by atoms with E-state index in [-0.39, 0.29) is 28.5 Å². The lowest BCUT2D eigenvalue weighted by atomic mass is 9.97. The van der Waals surface area contributed by atoms with Crippen molar-refractivity contribution in [3.05, 3.63) is 71.4 Å². The first-order valence-corrected chi connectivity index (χ1v) is 10.7. The second-order valence-corrected chi connectivity index (χ2v) is 9.51. The number of Topliss-reactive ketones (excluding diaryl/α,β-unsaturated/α-hetero) is 1. The molecule has 0 bridgehead atoms. The Bertz CT molecular complexity index is 1100. The number of nitrogens with zero attached hydrogens (tertiary/aromatic N) is 1. The van der Waals surface area contributed by atoms with Crippen LogP contribution in [0.5, 0.6) is 0 Å². The summed E-state index contributed by atoms with van der Waals surface area (Å²) in [4.78, 5) is 26.0. The van der Waals surface area contributed by atoms with E-state index < -0.39 is 27.2 Å². The zero-order valence-electron chi connectivity index (χ0n) is 16.8. The Labute approximate surface area is 170 Å². The summed E-state index contributed by atoms with van der Waals surface area (Å²) >= 11 is 0. The lowest BCUT2D eigenvalue weighted by Crippen LogP contribution is -2.39. The van der Waals surface area contributed by atoms with E-state index in [0.717, 1.165) is 4.31 Å². The van der Waals surface area contributed by atoms with Crippen LogP contribution in [0.2, 0.25) is 0 Å². The van der Waals surface area contributed by atoms with E-state index >= 15 is 0 Å². The van der Waals surface area contributed by atoms with E-state index in [2.05, 4.69) is 0 Å². The van der Waals surface area contributed by atoms with Gasteiger partial charge in [-0.2, -0.15) is 0 Å². The summed E-state index contributed by atoms with van der Waals surface area (Å²) in [5.41, 5.74) is -0.486. The maximum Gasteiger partial charge on any atom is 0.316 e. The van der Waals surface area contributed by atoms with Gasteiger partial charge in [0.25, 0.3) is 10.0 Å². The number of fused-ring (bicyclic) bond motifs is 1. The van der Waals surface area contributed by atoms with Gasteiger partial charge in [-0.05, 0) is 39.8 Å². The Morgan fingerprint density at radius 2 is 1.55 bits per heavy atom. The topological polar surface area (TPSA) is 80.8 Å². The van der Waals surface area contributed by atoms with Crippen molar-refractivity contribution < 1.29 is 22.7 Å². The number of carbonyl (C=O) groups is 2. The predicted octanol–water partition coefficient (Wildman–Crippen LogP) is 3.85. The van der Waals surface area contributed by atoms with Crippen molar-refractivity contribution in [3.8, 4) is 0 Å². The number of rotatable bonds is 4. The number of allylic oxidation sites excluding steroid dienone is 1. The van der Waals surface area contributed by atoms with Gasteiger partial charge in [-0.15, -0.1) is 0 Å². The fourth-order valence-electron chi connectivity index (χ4n) is 2.98. The molecule has 0 aliphatic carbocycles. The van der Waals surface area contributed by atoms with Crippen molar-refractivity contribution >= 4 is 27.5 Å². The van der Waals surface area contributed by atoms with Crippen molar-refractivity contribution in [2.75, 3.05) is 6.54 Å². The van der Waals surface area contributed by atoms with Gasteiger partial charge in [-0.1, -0.05) is 42.5 Å². The fraction of sp³-hybridized carbons (Fsp3) is 0.273. The van der Waals surface area contributed by atoms with Gasteiger partial charge in [0, 0.05) is 17.7 Å². The Kier molecular flexibility index (Phi) is 5.36. The first-order chi connectivity index (χ1) is 13.6. The molecule has 0 radical (unpaired) electrons. The summed E-state index contributed by atoms with van der Waals surface area (Å²) in [7, 11) is -3.98. The molecule has 0 spiro atoms. The van der Waals surface area contributed by atoms with Crippen LogP contribution < -0.4 is 0 Å². The summed E-state index contributed by atoms with van der Waals surface area (Å²) in [6.45, 7) is 6.72. The molecule has 0 aromatic heterocycles. The molecule has 2 aromatic rings. The van der Waals surface area contributed by atoms with Crippen LogP contribution in [-0.4, -0.2) is 31.0 Å². The number of hydrogen-bond acceptors (Lipinski definition) is 5. The second kappa shape index (κ2) is 7.48. The zero-order chi connectivity index (χ0) is 21.4. The Morgan fingerprint density at radius 1 is 0.966 bits per heavy atom. The van der Waals surface area contributed by atoms with Crippen LogP contribution >= 0.6 is 0 Å². The molecule has 0 atom stereocenters. The molecule has 0 unspecified atom stereocenters. The maximum absolute atomic E-state index is 13.4. The average Bonchev–Trinajstić information content (AvgIpc) is 2.69. The molecule has 0 saturated carbocycles. The fourth-order valence-corrected chi connectivity index (χ4v) is 4.65. The van der Waals surface area contributed by atoms with Crippen LogP contribution in [0, 0.1) is 5.41 Å². The van der Waals surface area contributed by atoms with Crippen LogP contribution in [0.3, 0.4) is 0 Å². The largest absolute Gasteiger partial charge is 0.423 e. The van der Waals surface area contributed by atoms with Crippen molar-refractivity contribution in [1.29, 1.82) is 0 Å². The highest BCUT2D eigenvalue weighted by molar-refractivity contribution is 7.89. The van der Waals surface area contributed by atoms with Gasteiger partial charge in [0.15, 0.2) is 5.76 Å². The molecule has 1 heterocycles. The van der Waals surface area contributed by atoms with Crippen LogP contribution in [0.1, 0.15) is 43.6 Å². The number of sulfonamides is 1. The summed E-state index contributed by atoms with van der Waals surface area (Å²) in [5, 5.41) is 0. The minimum Gasteiger partial charge on any atom is -0.423 e. The van der Waals surface area contributed by atoms with E-state index in [4.69, 9.17) is 4.74 Å². The average molecular weight is 413 g/mol. The number of benzene rings is 2. The van der Waals surface area contributed by atoms with Crippen LogP contribution in [-0.2, 0) is 19.6 Å². The van der Waals surface area contributed by atoms with Crippen molar-refractivity contribution in [2.24, 2.45) is 5.41 Å². The number of ketones is 1. The molecule has 0 fully saturated rings. The van der Waals surface area contributed by atoms with Crippen LogP contribution in [0.15, 0.2) is 65.2 Å². The number of ether oxygens (including phenoxy) is 1. The molecule has 0 saturated heterocycles. The standard InChI is InChI=1S/C22H23NO5S/c1-5-23-18(19(24)15-11-7-6-8-12-15)20(28-21(25)22(2,3)4)16-13-9-10-14-17(16)29(23,26)27/h6-14H,5H2,1-4H3. The van der Waals surface area contributed by atoms with Gasteiger partial charge in [0.05, 0.1) is 10.3 Å². The number of esters is 1. The maximum atomic E-state index is 13.4. The highest BCUT2D eigenvalue weighted by Crippen LogP contribution is 2.39. The smallest absolute Gasteiger partial charge is 0.316 e. The van der Waals surface area contributed by atoms with Gasteiger partial charge < -0.3 is 4.74 Å². The third kappa shape index (κ3) is 3.70. The predicted molar refractivity (Wildman–Crippen MR) is 109 cm³/mol. The number of likely N-dealkylation sites (N-methyl/N-ethyl adjacent to an activating group) is 1. The van der Waals surface area contributed by atoms with Crippen molar-refractivity contribution in [1.82, 2.24) is 4.31 Å². The SMILES string of the molecule is CCN1C(C(=O)c2ccccc2)=C(OC(=O)C(C)(C)C)c2ccccc2S1(=O)=O. The van der Waals surface area contributed by atoms with Gasteiger partial charge in [0.2, 0.25) is 5.78 Å². The molecule has 0 amide bonds. The molecule has 0 N–H and O–H groups in total. The summed E-state index contributed by atoms with van der Waals surface area (Å²) in [6, 6.07) is 14.6. The first-order valence-electron chi connectivity index (χ1n) is 9.27. The Morgan fingerprint density at radius 3 is 2.14 bits per heavy atom. The lowest BCUT2D eigenvalue weighted by molar-refractivity contribution is -0.145. The molecule has 152 valence electrons. The first kappa shape index (κ1) is 20.8. The molecular weight excluding hydrogens is 390 g/mol. The van der Waals surface area contributed by atoms with E-state index in [1.807, 2.05) is 0 Å². The van der Waals surface area contributed by atoms with Crippen molar-refractivity contribution in [3.63, 3.8) is 0 Å². The highest BCUT2D eigenvalue weighted by atomic mass is 32.2. The molecule has 29 heavy (non-hydrogen) atoms. The molecule has 6 nitrogen and oxygen atoms in total. The normalized spacial score (nSPS) is 15.7. The minimum atomic E-state index is -3.98. The van der Waals surface area contributed by atoms with Gasteiger partial charge in [-0.3, -0.25) is 13.9 Å². The van der Waals surface area contributed by atoms with Crippen LogP contribution in [0.25, 0.3) is 5.76 Å². The van der Waals surface area contributed by atoms with Crippen molar-refractivity contribution in [2.45, 2.75) is 32.6 Å². The zero-order valence-corrected chi connectivity index (χ0v) is 17.6. The van der Waals surface area contributed by atoms with Gasteiger partial charge in [0.1, 0.15) is 5.70 Å². The molecular formula is C22H23NO5S. The minimum absolute atomic E-state index is 0.00294. The number of carbonyl (C=O) groups excluding carboxylic acids is 2. The molecule has 1 aliphatic heterocycles.